The molecule has 1 amide bonds. The Morgan fingerprint density at radius 1 is 1.03 bits per heavy atom. The van der Waals surface area contributed by atoms with Gasteiger partial charge < -0.3 is 24.5 Å². The van der Waals surface area contributed by atoms with Crippen LogP contribution >= 0.6 is 7.14 Å². The third-order valence-corrected chi connectivity index (χ3v) is 14.8. The van der Waals surface area contributed by atoms with Gasteiger partial charge in [-0.25, -0.2) is 19.0 Å². The fraction of sp³-hybridized carbons (Fsp3) is 0.383. The summed E-state index contributed by atoms with van der Waals surface area (Å²) in [7, 11) is -2.55. The molecule has 63 heavy (non-hydrogen) atoms. The number of carbonyl (C=O) groups excluding carboxylic acids is 1. The van der Waals surface area contributed by atoms with Gasteiger partial charge in [-0.15, -0.1) is 0 Å². The Balaban J connectivity index is 1.15. The number of hydrogen-bond acceptors (Lipinski definition) is 9. The molecule has 5 heterocycles. The molecule has 328 valence electrons. The van der Waals surface area contributed by atoms with Gasteiger partial charge in [-0.05, 0) is 124 Å². The largest absolute Gasteiger partial charge is 0.438 e. The quantitative estimate of drug-likeness (QED) is 0.0913. The normalized spacial score (nSPS) is 21.1. The zero-order valence-electron chi connectivity index (χ0n) is 36.4. The first-order valence-electron chi connectivity index (χ1n) is 21.4. The maximum absolute atomic E-state index is 15.4. The summed E-state index contributed by atoms with van der Waals surface area (Å²) in [6.45, 7) is 12.5. The van der Waals surface area contributed by atoms with E-state index in [2.05, 4.69) is 35.3 Å². The number of aliphatic imine (C=N–C) groups is 1. The zero-order valence-corrected chi connectivity index (χ0v) is 37.2. The number of hydrogen-bond donors (Lipinski definition) is 2. The first-order chi connectivity index (χ1) is 30.0. The number of ether oxygens (including phenoxy) is 1. The molecule has 3 N–H and O–H groups in total. The van der Waals surface area contributed by atoms with Crippen LogP contribution < -0.4 is 22.5 Å². The van der Waals surface area contributed by atoms with E-state index in [-0.39, 0.29) is 43.0 Å². The van der Waals surface area contributed by atoms with Crippen LogP contribution in [0.4, 0.5) is 10.1 Å². The Hall–Kier alpha value is -6.05. The number of nitrogens with zero attached hydrogens (tertiary/aromatic N) is 6. The molecule has 0 bridgehead atoms. The lowest BCUT2D eigenvalue weighted by Gasteiger charge is -2.37. The minimum absolute atomic E-state index is 0.00801. The van der Waals surface area contributed by atoms with Gasteiger partial charge in [0.25, 0.3) is 5.91 Å². The third kappa shape index (κ3) is 7.54. The van der Waals surface area contributed by atoms with Crippen molar-refractivity contribution in [2.75, 3.05) is 33.1 Å². The van der Waals surface area contributed by atoms with Crippen LogP contribution in [0.15, 0.2) is 103 Å². The summed E-state index contributed by atoms with van der Waals surface area (Å²) in [5, 5.41) is 5.75. The van der Waals surface area contributed by atoms with Gasteiger partial charge in [0.2, 0.25) is 0 Å². The standard InChI is InChI=1S/C47H52FN8O6P/c1-27-20-35(21-28(2)41(27)48)50-42(55-17-16-53(46(55)59)26-31-8-7-9-36(22-31)63(5,6)60)40-30(4)54(15-12-37(40)49)43(57)39-24-34-23-33(32-13-18-61-19-14-32)10-11-38(34)56(39)47(25-29(47)3)44-51-45(58)62-52-44/h7-11,16-17,20-24,29-30,32H,12-15,18-19,25-26,49H2,1-6H3,(H,51,52,58)/t29-,30-,47-/m0/s1. The van der Waals surface area contributed by atoms with E-state index >= 15 is 4.79 Å². The number of fused-ring (bicyclic) bond motifs is 1. The monoisotopic (exact) mass is 874 g/mol. The Labute approximate surface area is 363 Å². The topological polar surface area (TPSA) is 176 Å². The number of rotatable bonds is 9. The van der Waals surface area contributed by atoms with Crippen LogP contribution in [0.2, 0.25) is 0 Å². The molecule has 16 heteroatoms. The molecule has 2 aliphatic heterocycles. The zero-order chi connectivity index (χ0) is 44.5. The van der Waals surface area contributed by atoms with Crippen LogP contribution in [0.1, 0.15) is 84.0 Å². The predicted octanol–water partition coefficient (Wildman–Crippen LogP) is 6.74. The van der Waals surface area contributed by atoms with Crippen molar-refractivity contribution in [2.24, 2.45) is 16.6 Å². The highest BCUT2D eigenvalue weighted by Crippen LogP contribution is 2.56. The minimum Gasteiger partial charge on any atom is -0.402 e. The Morgan fingerprint density at radius 3 is 2.43 bits per heavy atom. The molecule has 3 aromatic heterocycles. The van der Waals surface area contributed by atoms with Crippen LogP contribution in [0.25, 0.3) is 10.9 Å². The van der Waals surface area contributed by atoms with Crippen molar-refractivity contribution in [3.63, 3.8) is 0 Å². The molecule has 0 radical (unpaired) electrons. The van der Waals surface area contributed by atoms with Gasteiger partial charge in [0.05, 0.1) is 18.3 Å². The summed E-state index contributed by atoms with van der Waals surface area (Å²) in [6, 6.07) is 18.2. The summed E-state index contributed by atoms with van der Waals surface area (Å²) < 4.78 is 43.5. The summed E-state index contributed by atoms with van der Waals surface area (Å²) >= 11 is 0. The van der Waals surface area contributed by atoms with Gasteiger partial charge in [0.1, 0.15) is 30.0 Å². The summed E-state index contributed by atoms with van der Waals surface area (Å²) in [6.07, 6.45) is 5.99. The number of amides is 1. The summed E-state index contributed by atoms with van der Waals surface area (Å²) in [5.74, 6) is -0.403. The van der Waals surface area contributed by atoms with E-state index in [1.54, 1.807) is 56.6 Å². The second-order valence-corrected chi connectivity index (χ2v) is 21.1. The number of aromatic amines is 1. The maximum atomic E-state index is 15.4. The van der Waals surface area contributed by atoms with E-state index in [0.29, 0.717) is 70.5 Å². The Morgan fingerprint density at radius 2 is 1.76 bits per heavy atom. The number of aryl methyl sites for hydroxylation is 2. The highest BCUT2D eigenvalue weighted by Gasteiger charge is 2.59. The fourth-order valence-corrected chi connectivity index (χ4v) is 10.6. The Bertz CT molecular complexity index is 3010. The number of nitrogens with two attached hydrogens (primary N) is 1. The van der Waals surface area contributed by atoms with Gasteiger partial charge in [-0.1, -0.05) is 36.3 Å². The van der Waals surface area contributed by atoms with E-state index < -0.39 is 30.2 Å². The second kappa shape index (κ2) is 15.9. The van der Waals surface area contributed by atoms with Crippen molar-refractivity contribution in [2.45, 2.75) is 77.4 Å². The van der Waals surface area contributed by atoms with Gasteiger partial charge in [0.15, 0.2) is 5.82 Å². The van der Waals surface area contributed by atoms with Crippen LogP contribution in [0, 0.1) is 25.6 Å². The van der Waals surface area contributed by atoms with Crippen LogP contribution in [-0.2, 0) is 21.4 Å². The van der Waals surface area contributed by atoms with E-state index in [4.69, 9.17) is 20.0 Å². The molecule has 1 aliphatic carbocycles. The highest BCUT2D eigenvalue weighted by atomic mass is 31.2. The molecule has 2 fully saturated rings. The number of imidazole rings is 1. The lowest BCUT2D eigenvalue weighted by Crippen LogP contribution is -2.49. The molecule has 3 aliphatic rings. The van der Waals surface area contributed by atoms with Crippen LogP contribution in [0.3, 0.4) is 0 Å². The smallest absolute Gasteiger partial charge is 0.402 e. The number of halogens is 1. The molecule has 3 atom stereocenters. The number of nitrogens with one attached hydrogen (secondary N) is 1. The number of H-pyrrole nitrogens is 1. The van der Waals surface area contributed by atoms with E-state index in [1.165, 1.54) is 14.7 Å². The average Bonchev–Trinajstić information content (AvgIpc) is 3.55. The molecular weight excluding hydrogens is 823 g/mol. The molecule has 0 spiro atoms. The van der Waals surface area contributed by atoms with Crippen LogP contribution in [-0.4, -0.2) is 79.6 Å². The van der Waals surface area contributed by atoms with Crippen molar-refractivity contribution in [3.8, 4) is 0 Å². The minimum atomic E-state index is -2.55. The Kier molecular flexibility index (Phi) is 10.7. The van der Waals surface area contributed by atoms with E-state index in [9.17, 15) is 18.5 Å². The molecule has 3 aromatic carbocycles. The lowest BCUT2D eigenvalue weighted by molar-refractivity contribution is 0.0697. The van der Waals surface area contributed by atoms with Gasteiger partial charge >= 0.3 is 11.4 Å². The number of carbonyl (C=O) groups is 1. The molecule has 0 unspecified atom stereocenters. The van der Waals surface area contributed by atoms with Gasteiger partial charge in [-0.2, -0.15) is 0 Å². The summed E-state index contributed by atoms with van der Waals surface area (Å²) in [5.41, 5.74) is 11.0. The molecular formula is C47H52FN8O6P. The van der Waals surface area contributed by atoms with Crippen molar-refractivity contribution >= 4 is 40.8 Å². The second-order valence-electron chi connectivity index (χ2n) is 17.8. The van der Waals surface area contributed by atoms with Crippen molar-refractivity contribution < 1.29 is 23.0 Å². The van der Waals surface area contributed by atoms with Crippen LogP contribution in [0.5, 0.6) is 0 Å². The molecule has 1 saturated carbocycles. The highest BCUT2D eigenvalue weighted by molar-refractivity contribution is 7.70. The third-order valence-electron chi connectivity index (χ3n) is 13.2. The molecule has 9 rings (SSSR count). The van der Waals surface area contributed by atoms with Crippen molar-refractivity contribution in [3.05, 3.63) is 145 Å². The fourth-order valence-electron chi connectivity index (χ4n) is 9.66. The molecule has 6 aromatic rings. The van der Waals surface area contributed by atoms with E-state index in [1.807, 2.05) is 41.8 Å². The van der Waals surface area contributed by atoms with Gasteiger partial charge in [0, 0.05) is 66.1 Å². The molecule has 14 nitrogen and oxygen atoms in total. The average molecular weight is 875 g/mol. The van der Waals surface area contributed by atoms with E-state index in [0.717, 1.165) is 29.3 Å². The summed E-state index contributed by atoms with van der Waals surface area (Å²) in [4.78, 5) is 51.8. The first kappa shape index (κ1) is 42.3. The number of benzene rings is 3. The molecule has 1 saturated heterocycles. The van der Waals surface area contributed by atoms with Crippen molar-refractivity contribution in [1.29, 1.82) is 0 Å². The van der Waals surface area contributed by atoms with Gasteiger partial charge in [-0.3, -0.25) is 23.4 Å². The maximum Gasteiger partial charge on any atom is 0.438 e. The van der Waals surface area contributed by atoms with Crippen molar-refractivity contribution in [1.82, 2.24) is 28.7 Å². The predicted molar refractivity (Wildman–Crippen MR) is 241 cm³/mol. The first-order valence-corrected chi connectivity index (χ1v) is 24.0. The number of aromatic nitrogens is 5. The lowest BCUT2D eigenvalue weighted by atomic mass is 9.91. The SMILES string of the molecule is Cc1cc(N=C(C2=C(N)CCN(C(=O)c3cc4cc(C5CCOCC5)ccc4n3[C@@]3(c4noc(=O)[nH]4)C[C@@H]3C)[C@H]2C)n2ccn(Cc3cccc(P(C)(C)=O)c3)c2=O)cc(C)c1F.